The Balaban J connectivity index is 1.75. The molecule has 0 amide bonds. The van der Waals surface area contributed by atoms with Gasteiger partial charge in [0.25, 0.3) is 7.82 Å². The summed E-state index contributed by atoms with van der Waals surface area (Å²) in [5.74, 6) is 0.431. The lowest BCUT2D eigenvalue weighted by atomic mass is 9.90. The molecule has 6 atom stereocenters. The maximum Gasteiger partial charge on any atom is 0.306 e. The van der Waals surface area contributed by atoms with Gasteiger partial charge in [-0.3, -0.25) is 18.9 Å². The van der Waals surface area contributed by atoms with Gasteiger partial charge in [0.1, 0.15) is 37.1 Å². The van der Waals surface area contributed by atoms with Gasteiger partial charge in [-0.1, -0.05) is 95.9 Å². The molecule has 0 saturated heterocycles. The summed E-state index contributed by atoms with van der Waals surface area (Å²) in [5.41, 5.74) is 2.60. The standard InChI is InChI=1S/C48H82NO12P/c1-8-10-19-25-39(50)30-31-42-41(43(51)34-44(42)52)26-20-17-18-23-29-48(54)60-40(36-59-62(55,56)58-33-32-49(5,6)7)35-57-47(53)28-22-16-14-12-11-13-15-21-27-46-38(4)37(3)45(61-46)24-9-2/h17,20,30-31,39-43,50-51H,8-16,18-19,21-29,32-36H2,1-7H3/b20-17-,31-30+/t39-,40+,41+,42+,43-/m0/s1. The fourth-order valence-corrected chi connectivity index (χ4v) is 8.23. The smallest absolute Gasteiger partial charge is 0.306 e. The van der Waals surface area contributed by atoms with Crippen LogP contribution in [0, 0.1) is 25.7 Å². The van der Waals surface area contributed by atoms with Crippen LogP contribution < -0.4 is 4.89 Å². The summed E-state index contributed by atoms with van der Waals surface area (Å²) >= 11 is 0. The molecule has 14 heteroatoms. The number of aliphatic hydroxyl groups excluding tert-OH is 2. The molecule has 0 radical (unpaired) electrons. The number of furan rings is 1. The Kier molecular flexibility index (Phi) is 27.3. The number of aryl methyl sites for hydroxylation is 2. The van der Waals surface area contributed by atoms with E-state index in [1.54, 1.807) is 12.2 Å². The van der Waals surface area contributed by atoms with Crippen LogP contribution >= 0.6 is 7.82 Å². The Bertz CT molecular complexity index is 1550. The molecule has 0 bridgehead atoms. The van der Waals surface area contributed by atoms with E-state index in [1.165, 1.54) is 11.1 Å². The third-order valence-corrected chi connectivity index (χ3v) is 12.5. The molecule has 62 heavy (non-hydrogen) atoms. The second-order valence-electron chi connectivity index (χ2n) is 18.1. The van der Waals surface area contributed by atoms with E-state index < -0.39 is 50.6 Å². The molecule has 1 aliphatic carbocycles. The molecule has 1 fully saturated rings. The molecule has 13 nitrogen and oxygen atoms in total. The van der Waals surface area contributed by atoms with Gasteiger partial charge in [-0.25, -0.2) is 0 Å². The number of allylic oxidation sites excluding steroid dienone is 3. The van der Waals surface area contributed by atoms with E-state index in [1.807, 2.05) is 33.3 Å². The Hall–Kier alpha value is -2.64. The molecule has 1 aromatic heterocycles. The highest BCUT2D eigenvalue weighted by molar-refractivity contribution is 7.45. The number of rotatable bonds is 35. The van der Waals surface area contributed by atoms with Crippen molar-refractivity contribution in [2.75, 3.05) is 47.5 Å². The number of likely N-dealkylation sites (N-methyl/N-ethyl adjacent to an activating group) is 1. The molecule has 1 heterocycles. The van der Waals surface area contributed by atoms with E-state index in [4.69, 9.17) is 22.9 Å². The fourth-order valence-electron chi connectivity index (χ4n) is 7.51. The summed E-state index contributed by atoms with van der Waals surface area (Å²) in [4.78, 5) is 50.4. The number of nitrogens with zero attached hydrogens (tertiary/aromatic N) is 1. The van der Waals surface area contributed by atoms with Gasteiger partial charge < -0.3 is 42.5 Å². The Labute approximate surface area is 373 Å². The van der Waals surface area contributed by atoms with Crippen LogP contribution in [0.15, 0.2) is 28.7 Å². The fraction of sp³-hybridized carbons (Fsp3) is 0.771. The zero-order chi connectivity index (χ0) is 46.0. The van der Waals surface area contributed by atoms with Gasteiger partial charge in [-0.05, 0) is 69.9 Å². The molecule has 0 spiro atoms. The third-order valence-electron chi connectivity index (χ3n) is 11.5. The van der Waals surface area contributed by atoms with E-state index in [0.717, 1.165) is 95.0 Å². The largest absolute Gasteiger partial charge is 0.756 e. The van der Waals surface area contributed by atoms with Crippen molar-refractivity contribution in [2.45, 2.75) is 181 Å². The van der Waals surface area contributed by atoms with E-state index in [-0.39, 0.29) is 44.2 Å². The minimum Gasteiger partial charge on any atom is -0.756 e. The van der Waals surface area contributed by atoms with Gasteiger partial charge >= 0.3 is 11.9 Å². The Morgan fingerprint density at radius 2 is 1.50 bits per heavy atom. The van der Waals surface area contributed by atoms with Gasteiger partial charge in [0.2, 0.25) is 0 Å². The molecule has 0 aliphatic heterocycles. The average Bonchev–Trinajstić information content (AvgIpc) is 3.63. The van der Waals surface area contributed by atoms with Crippen molar-refractivity contribution in [2.24, 2.45) is 11.8 Å². The van der Waals surface area contributed by atoms with Crippen molar-refractivity contribution in [3.8, 4) is 0 Å². The maximum atomic E-state index is 12.8. The van der Waals surface area contributed by atoms with Crippen LogP contribution in [0.3, 0.4) is 0 Å². The van der Waals surface area contributed by atoms with Gasteiger partial charge in [-0.2, -0.15) is 0 Å². The van der Waals surface area contributed by atoms with E-state index >= 15 is 0 Å². The van der Waals surface area contributed by atoms with Crippen LogP contribution in [0.1, 0.15) is 158 Å². The van der Waals surface area contributed by atoms with Crippen molar-refractivity contribution < 1.29 is 61.5 Å². The van der Waals surface area contributed by atoms with Crippen LogP contribution in [0.2, 0.25) is 0 Å². The number of aliphatic hydroxyl groups is 2. The molecular formula is C48H82NO12P. The second kappa shape index (κ2) is 30.5. The number of carbonyl (C=O) groups excluding carboxylic acids is 3. The second-order valence-corrected chi connectivity index (χ2v) is 19.5. The Morgan fingerprint density at radius 3 is 2.16 bits per heavy atom. The highest BCUT2D eigenvalue weighted by Gasteiger charge is 2.39. The number of hydrogen-bond acceptors (Lipinski definition) is 12. The molecular weight excluding hydrogens is 813 g/mol. The molecule has 2 N–H and O–H groups in total. The monoisotopic (exact) mass is 896 g/mol. The predicted molar refractivity (Wildman–Crippen MR) is 240 cm³/mol. The predicted octanol–water partition coefficient (Wildman–Crippen LogP) is 8.75. The van der Waals surface area contributed by atoms with Crippen molar-refractivity contribution in [3.63, 3.8) is 0 Å². The normalized spacial score (nSPS) is 19.1. The molecule has 1 unspecified atom stereocenters. The number of Topliss-reactive ketones (excluding diaryl/α,β-unsaturated/α-hetero) is 1. The summed E-state index contributed by atoms with van der Waals surface area (Å²) in [7, 11) is 0.981. The van der Waals surface area contributed by atoms with Crippen LogP contribution in [-0.4, -0.2) is 98.2 Å². The van der Waals surface area contributed by atoms with E-state index in [2.05, 4.69) is 27.7 Å². The average molecular weight is 896 g/mol. The number of unbranched alkanes of at least 4 members (excludes halogenated alkanes) is 10. The highest BCUT2D eigenvalue weighted by atomic mass is 31.2. The number of esters is 2. The van der Waals surface area contributed by atoms with Crippen LogP contribution in [-0.2, 0) is 50.3 Å². The Morgan fingerprint density at radius 1 is 0.855 bits per heavy atom. The number of carbonyl (C=O) groups is 3. The minimum absolute atomic E-state index is 0.0267. The third kappa shape index (κ3) is 23.9. The van der Waals surface area contributed by atoms with Crippen LogP contribution in [0.25, 0.3) is 0 Å². The summed E-state index contributed by atoms with van der Waals surface area (Å²) in [6, 6.07) is 0. The molecule has 2 rings (SSSR count). The molecule has 356 valence electrons. The van der Waals surface area contributed by atoms with Crippen LogP contribution in [0.5, 0.6) is 0 Å². The minimum atomic E-state index is -4.71. The number of quaternary nitrogens is 1. The first kappa shape index (κ1) is 55.5. The lowest BCUT2D eigenvalue weighted by Gasteiger charge is -2.28. The summed E-state index contributed by atoms with van der Waals surface area (Å²) in [6.45, 7) is 8.01. The number of hydrogen-bond donors (Lipinski definition) is 2. The van der Waals surface area contributed by atoms with Crippen molar-refractivity contribution >= 4 is 25.5 Å². The molecule has 0 aromatic carbocycles. The molecule has 1 aromatic rings. The topological polar surface area (TPSA) is 182 Å². The van der Waals surface area contributed by atoms with Crippen LogP contribution in [0.4, 0.5) is 0 Å². The first-order chi connectivity index (χ1) is 29.5. The number of ketones is 1. The van der Waals surface area contributed by atoms with Gasteiger partial charge in [-0.15, -0.1) is 0 Å². The number of phosphoric ester groups is 1. The van der Waals surface area contributed by atoms with E-state index in [0.29, 0.717) is 43.1 Å². The lowest BCUT2D eigenvalue weighted by molar-refractivity contribution is -0.870. The zero-order valence-electron chi connectivity index (χ0n) is 39.2. The van der Waals surface area contributed by atoms with Gasteiger partial charge in [0, 0.05) is 43.9 Å². The van der Waals surface area contributed by atoms with Crippen molar-refractivity contribution in [3.05, 3.63) is 47.0 Å². The van der Waals surface area contributed by atoms with Crippen molar-refractivity contribution in [1.82, 2.24) is 0 Å². The molecule has 1 saturated carbocycles. The summed E-state index contributed by atoms with van der Waals surface area (Å²) in [5, 5.41) is 20.8. The SMILES string of the molecule is CCCCC[C@H](O)/C=C/[C@H]1C(=O)C[C@H](O)[C@@H]1C/C=C\CCCC(=O)O[C@H](COC(=O)CCCCCCCCCCc1oc(CCC)c(C)c1C)COP(=O)([O-])OCC[N+](C)(C)C. The first-order valence-electron chi connectivity index (χ1n) is 23.5. The quantitative estimate of drug-likeness (QED) is 0.0218. The lowest BCUT2D eigenvalue weighted by Crippen LogP contribution is -2.37. The van der Waals surface area contributed by atoms with Gasteiger partial charge in [0.05, 0.1) is 40.0 Å². The first-order valence-corrected chi connectivity index (χ1v) is 25.0. The van der Waals surface area contributed by atoms with E-state index in [9.17, 15) is 34.1 Å². The summed E-state index contributed by atoms with van der Waals surface area (Å²) < 4.78 is 40.0. The van der Waals surface area contributed by atoms with Gasteiger partial charge in [0.15, 0.2) is 6.10 Å². The highest BCUT2D eigenvalue weighted by Crippen LogP contribution is 2.38. The zero-order valence-corrected chi connectivity index (χ0v) is 40.1. The summed E-state index contributed by atoms with van der Waals surface area (Å²) in [6.07, 6.45) is 21.4. The number of phosphoric acid groups is 1. The maximum absolute atomic E-state index is 12.8. The van der Waals surface area contributed by atoms with Crippen molar-refractivity contribution in [1.29, 1.82) is 0 Å². The molecule has 1 aliphatic rings. The number of ether oxygens (including phenoxy) is 2.